The van der Waals surface area contributed by atoms with E-state index < -0.39 is 0 Å². The molecule has 0 aromatic carbocycles. The van der Waals surface area contributed by atoms with Crippen molar-refractivity contribution in [2.24, 2.45) is 10.4 Å². The molecule has 7 nitrogen and oxygen atoms in total. The SMILES string of the molecule is CCNC(=NCC(=O)NCCOC)NCC(CC)(CC)CCO.I. The number of amides is 1. The fourth-order valence-electron chi connectivity index (χ4n) is 2.29. The number of rotatable bonds is 12. The largest absolute Gasteiger partial charge is 0.396 e. The Morgan fingerprint density at radius 3 is 2.33 bits per heavy atom. The number of methoxy groups -OCH3 is 1. The number of carbonyl (C=O) groups excluding carboxylic acids is 1. The lowest BCUT2D eigenvalue weighted by Crippen LogP contribution is -2.44. The molecule has 0 saturated heterocycles. The Kier molecular flexibility index (Phi) is 17.0. The van der Waals surface area contributed by atoms with Crippen LogP contribution in [0.4, 0.5) is 0 Å². The Morgan fingerprint density at radius 2 is 1.83 bits per heavy atom. The van der Waals surface area contributed by atoms with Crippen LogP contribution in [0.5, 0.6) is 0 Å². The van der Waals surface area contributed by atoms with E-state index in [0.717, 1.165) is 32.4 Å². The third kappa shape index (κ3) is 11.0. The molecule has 0 aromatic heterocycles. The molecule has 8 heteroatoms. The summed E-state index contributed by atoms with van der Waals surface area (Å²) in [6.07, 6.45) is 2.71. The number of guanidine groups is 1. The van der Waals surface area contributed by atoms with Crippen molar-refractivity contribution in [3.8, 4) is 0 Å². The third-order valence-corrected chi connectivity index (χ3v) is 4.13. The van der Waals surface area contributed by atoms with Crippen LogP contribution in [0.1, 0.15) is 40.0 Å². The molecule has 0 aliphatic heterocycles. The van der Waals surface area contributed by atoms with Crippen molar-refractivity contribution in [3.05, 3.63) is 0 Å². The van der Waals surface area contributed by atoms with Gasteiger partial charge in [-0.3, -0.25) is 4.79 Å². The Hall–Kier alpha value is -0.610. The predicted octanol–water partition coefficient (Wildman–Crippen LogP) is 1.11. The Balaban J connectivity index is 0. The molecular formula is C16H35IN4O3. The van der Waals surface area contributed by atoms with Gasteiger partial charge in [0.1, 0.15) is 6.54 Å². The smallest absolute Gasteiger partial charge is 0.241 e. The number of aliphatic imine (C=N–C) groups is 1. The number of nitrogens with one attached hydrogen (secondary N) is 3. The van der Waals surface area contributed by atoms with E-state index in [9.17, 15) is 9.90 Å². The number of hydrogen-bond donors (Lipinski definition) is 4. The molecule has 0 unspecified atom stereocenters. The van der Waals surface area contributed by atoms with Gasteiger partial charge in [-0.15, -0.1) is 24.0 Å². The lowest BCUT2D eigenvalue weighted by molar-refractivity contribution is -0.119. The van der Waals surface area contributed by atoms with Crippen LogP contribution in [0, 0.1) is 5.41 Å². The lowest BCUT2D eigenvalue weighted by atomic mass is 9.79. The number of nitrogens with zero attached hydrogens (tertiary/aromatic N) is 1. The van der Waals surface area contributed by atoms with Crippen LogP contribution in [0.15, 0.2) is 4.99 Å². The first kappa shape index (κ1) is 25.6. The summed E-state index contributed by atoms with van der Waals surface area (Å²) in [6.45, 7) is 8.92. The standard InChI is InChI=1S/C16H34N4O3.HI/c1-5-16(6-2,8-10-21)13-20-15(17-7-3)19-12-14(22)18-9-11-23-4;/h21H,5-13H2,1-4H3,(H,18,22)(H2,17,19,20);1H. The van der Waals surface area contributed by atoms with Crippen molar-refractivity contribution >= 4 is 35.8 Å². The molecule has 1 amide bonds. The molecule has 0 heterocycles. The van der Waals surface area contributed by atoms with Gasteiger partial charge in [0.15, 0.2) is 5.96 Å². The van der Waals surface area contributed by atoms with Gasteiger partial charge in [0.25, 0.3) is 0 Å². The summed E-state index contributed by atoms with van der Waals surface area (Å²) in [5, 5.41) is 18.4. The molecule has 0 spiro atoms. The molecule has 0 aliphatic rings. The van der Waals surface area contributed by atoms with Crippen molar-refractivity contribution in [2.45, 2.75) is 40.0 Å². The average molecular weight is 458 g/mol. The zero-order valence-corrected chi connectivity index (χ0v) is 17.8. The maximum absolute atomic E-state index is 11.7. The minimum absolute atomic E-state index is 0. The summed E-state index contributed by atoms with van der Waals surface area (Å²) in [4.78, 5) is 16.0. The Bertz CT molecular complexity index is 350. The first-order chi connectivity index (χ1) is 11.1. The van der Waals surface area contributed by atoms with E-state index in [1.54, 1.807) is 7.11 Å². The molecule has 4 N–H and O–H groups in total. The van der Waals surface area contributed by atoms with Gasteiger partial charge >= 0.3 is 0 Å². The molecule has 0 aromatic rings. The fourth-order valence-corrected chi connectivity index (χ4v) is 2.29. The number of aliphatic hydroxyl groups excluding tert-OH is 1. The fraction of sp³-hybridized carbons (Fsp3) is 0.875. The highest BCUT2D eigenvalue weighted by Gasteiger charge is 2.25. The number of ether oxygens (including phenoxy) is 1. The summed E-state index contributed by atoms with van der Waals surface area (Å²) >= 11 is 0. The van der Waals surface area contributed by atoms with Crippen molar-refractivity contribution < 1.29 is 14.6 Å². The normalized spacial score (nSPS) is 11.6. The zero-order chi connectivity index (χ0) is 17.6. The van der Waals surface area contributed by atoms with Crippen LogP contribution < -0.4 is 16.0 Å². The van der Waals surface area contributed by atoms with Gasteiger partial charge in [-0.05, 0) is 31.6 Å². The number of hydrogen-bond acceptors (Lipinski definition) is 4. The van der Waals surface area contributed by atoms with Gasteiger partial charge in [-0.2, -0.15) is 0 Å². The van der Waals surface area contributed by atoms with Crippen LogP contribution in [0.2, 0.25) is 0 Å². The van der Waals surface area contributed by atoms with Crippen molar-refractivity contribution in [1.29, 1.82) is 0 Å². The van der Waals surface area contributed by atoms with E-state index in [1.165, 1.54) is 0 Å². The van der Waals surface area contributed by atoms with Gasteiger partial charge < -0.3 is 25.8 Å². The zero-order valence-electron chi connectivity index (χ0n) is 15.5. The predicted molar refractivity (Wildman–Crippen MR) is 109 cm³/mol. The average Bonchev–Trinajstić information content (AvgIpc) is 2.56. The van der Waals surface area contributed by atoms with Crippen LogP contribution in [-0.4, -0.2) is 63.5 Å². The van der Waals surface area contributed by atoms with Gasteiger partial charge in [0.2, 0.25) is 5.91 Å². The van der Waals surface area contributed by atoms with E-state index in [0.29, 0.717) is 19.1 Å². The molecule has 24 heavy (non-hydrogen) atoms. The topological polar surface area (TPSA) is 95.0 Å². The summed E-state index contributed by atoms with van der Waals surface area (Å²) in [7, 11) is 1.59. The Morgan fingerprint density at radius 1 is 1.17 bits per heavy atom. The Labute approximate surface area is 163 Å². The highest BCUT2D eigenvalue weighted by molar-refractivity contribution is 14.0. The van der Waals surface area contributed by atoms with Gasteiger partial charge in [-0.25, -0.2) is 4.99 Å². The second-order valence-electron chi connectivity index (χ2n) is 5.57. The number of carbonyl (C=O) groups is 1. The molecule has 0 rings (SSSR count). The van der Waals surface area contributed by atoms with E-state index in [2.05, 4.69) is 34.8 Å². The van der Waals surface area contributed by atoms with E-state index in [-0.39, 0.29) is 48.5 Å². The summed E-state index contributed by atoms with van der Waals surface area (Å²) < 4.78 is 4.88. The molecular weight excluding hydrogens is 423 g/mol. The molecule has 0 radical (unpaired) electrons. The van der Waals surface area contributed by atoms with Crippen LogP contribution in [0.3, 0.4) is 0 Å². The molecule has 0 fully saturated rings. The number of halogens is 1. The first-order valence-corrected chi connectivity index (χ1v) is 8.46. The van der Waals surface area contributed by atoms with E-state index in [1.807, 2.05) is 6.92 Å². The van der Waals surface area contributed by atoms with Gasteiger partial charge in [0, 0.05) is 33.4 Å². The summed E-state index contributed by atoms with van der Waals surface area (Å²) in [6, 6.07) is 0. The molecule has 0 saturated carbocycles. The molecule has 0 atom stereocenters. The van der Waals surface area contributed by atoms with E-state index in [4.69, 9.17) is 4.74 Å². The lowest BCUT2D eigenvalue weighted by Gasteiger charge is -2.32. The highest BCUT2D eigenvalue weighted by Crippen LogP contribution is 2.29. The van der Waals surface area contributed by atoms with Crippen molar-refractivity contribution in [2.75, 3.05) is 46.5 Å². The summed E-state index contributed by atoms with van der Waals surface area (Å²) in [5.74, 6) is 0.491. The minimum atomic E-state index is -0.133. The summed E-state index contributed by atoms with van der Waals surface area (Å²) in [5.41, 5.74) is 0.0473. The van der Waals surface area contributed by atoms with Gasteiger partial charge in [0.05, 0.1) is 6.61 Å². The maximum Gasteiger partial charge on any atom is 0.241 e. The second-order valence-corrected chi connectivity index (χ2v) is 5.57. The van der Waals surface area contributed by atoms with Crippen molar-refractivity contribution in [1.82, 2.24) is 16.0 Å². The maximum atomic E-state index is 11.7. The number of aliphatic hydroxyl groups is 1. The minimum Gasteiger partial charge on any atom is -0.396 e. The second kappa shape index (κ2) is 15.9. The third-order valence-electron chi connectivity index (χ3n) is 4.13. The quantitative estimate of drug-likeness (QED) is 0.152. The van der Waals surface area contributed by atoms with Crippen LogP contribution >= 0.6 is 24.0 Å². The highest BCUT2D eigenvalue weighted by atomic mass is 127. The monoisotopic (exact) mass is 458 g/mol. The molecule has 0 bridgehead atoms. The van der Waals surface area contributed by atoms with E-state index >= 15 is 0 Å². The van der Waals surface area contributed by atoms with Gasteiger partial charge in [-0.1, -0.05) is 13.8 Å². The van der Waals surface area contributed by atoms with Crippen molar-refractivity contribution in [3.63, 3.8) is 0 Å². The van der Waals surface area contributed by atoms with Crippen LogP contribution in [-0.2, 0) is 9.53 Å². The molecule has 0 aliphatic carbocycles. The first-order valence-electron chi connectivity index (χ1n) is 8.46. The molecule has 144 valence electrons. The van der Waals surface area contributed by atoms with Crippen LogP contribution in [0.25, 0.3) is 0 Å².